The molecule has 0 aromatic carbocycles. The molecule has 19 heavy (non-hydrogen) atoms. The number of aromatic nitrogens is 3. The van der Waals surface area contributed by atoms with Crippen LogP contribution >= 0.6 is 11.8 Å². The summed E-state index contributed by atoms with van der Waals surface area (Å²) in [6.45, 7) is 1.90. The number of nitrogen functional groups attached to an aromatic ring is 2. The Morgan fingerprint density at radius 3 is 2.47 bits per heavy atom. The first-order valence-corrected chi connectivity index (χ1v) is 6.62. The van der Waals surface area contributed by atoms with Crippen molar-refractivity contribution in [1.29, 1.82) is 0 Å². The predicted molar refractivity (Wildman–Crippen MR) is 74.5 cm³/mol. The summed E-state index contributed by atoms with van der Waals surface area (Å²) < 4.78 is 0. The van der Waals surface area contributed by atoms with Gasteiger partial charge in [-0.05, 0) is 30.3 Å². The van der Waals surface area contributed by atoms with Crippen LogP contribution in [0.15, 0.2) is 34.4 Å². The van der Waals surface area contributed by atoms with Crippen molar-refractivity contribution in [1.82, 2.24) is 15.0 Å². The van der Waals surface area contributed by atoms with E-state index in [1.165, 1.54) is 17.8 Å². The zero-order valence-corrected chi connectivity index (χ0v) is 11.3. The topological polar surface area (TPSA) is 111 Å². The number of hydrogen-bond acceptors (Lipinski definition) is 7. The maximum Gasteiger partial charge on any atom is 0.196 e. The Bertz CT molecular complexity index is 540. The first-order chi connectivity index (χ1) is 9.08. The lowest BCUT2D eigenvalue weighted by Crippen LogP contribution is -2.00. The number of aliphatic hydroxyl groups is 1. The Morgan fingerprint density at radius 2 is 1.95 bits per heavy atom. The van der Waals surface area contributed by atoms with E-state index in [0.29, 0.717) is 28.9 Å². The Balaban J connectivity index is 2.15. The van der Waals surface area contributed by atoms with Gasteiger partial charge in [-0.25, -0.2) is 9.97 Å². The lowest BCUT2D eigenvalue weighted by atomic mass is 10.2. The molecule has 0 bridgehead atoms. The second kappa shape index (κ2) is 5.85. The van der Waals surface area contributed by atoms with Crippen molar-refractivity contribution in [2.45, 2.75) is 29.5 Å². The van der Waals surface area contributed by atoms with Crippen LogP contribution in [0.4, 0.5) is 11.6 Å². The number of hydrogen-bond donors (Lipinski definition) is 3. The zero-order valence-electron chi connectivity index (χ0n) is 10.4. The predicted octanol–water partition coefficient (Wildman–Crippen LogP) is 1.63. The van der Waals surface area contributed by atoms with Crippen molar-refractivity contribution in [2.24, 2.45) is 0 Å². The lowest BCUT2D eigenvalue weighted by Gasteiger charge is -2.07. The highest BCUT2D eigenvalue weighted by molar-refractivity contribution is 7.99. The van der Waals surface area contributed by atoms with E-state index in [1.54, 1.807) is 12.3 Å². The molecule has 2 rings (SSSR count). The van der Waals surface area contributed by atoms with Crippen LogP contribution in [0.25, 0.3) is 0 Å². The molecule has 100 valence electrons. The van der Waals surface area contributed by atoms with Gasteiger partial charge in [-0.1, -0.05) is 6.92 Å². The molecule has 0 radical (unpaired) electrons. The van der Waals surface area contributed by atoms with Gasteiger partial charge in [-0.15, -0.1) is 0 Å². The first kappa shape index (κ1) is 13.6. The molecule has 0 aliphatic heterocycles. The van der Waals surface area contributed by atoms with Crippen molar-refractivity contribution < 1.29 is 5.11 Å². The highest BCUT2D eigenvalue weighted by atomic mass is 32.2. The second-order valence-electron chi connectivity index (χ2n) is 3.95. The molecule has 1 atom stereocenters. The molecule has 0 saturated carbocycles. The third-order valence-corrected chi connectivity index (χ3v) is 3.28. The molecule has 5 N–H and O–H groups in total. The standard InChI is InChI=1S/C12H15N5OS/c1-2-9(18)8-4-3-7(6-15-8)19-12-16-10(13)5-11(14)17-12/h3-6,9,18H,2H2,1H3,(H4,13,14,16,17)/t9-/m0/s1. The fraction of sp³-hybridized carbons (Fsp3) is 0.250. The summed E-state index contributed by atoms with van der Waals surface area (Å²) in [5.41, 5.74) is 11.9. The Morgan fingerprint density at radius 1 is 1.26 bits per heavy atom. The Kier molecular flexibility index (Phi) is 4.18. The monoisotopic (exact) mass is 277 g/mol. The highest BCUT2D eigenvalue weighted by Gasteiger charge is 2.08. The molecule has 2 aromatic heterocycles. The Labute approximate surface area is 115 Å². The van der Waals surface area contributed by atoms with Gasteiger partial charge in [-0.2, -0.15) is 0 Å². The molecule has 0 unspecified atom stereocenters. The van der Waals surface area contributed by atoms with Gasteiger partial charge in [0.1, 0.15) is 11.6 Å². The van der Waals surface area contributed by atoms with Gasteiger partial charge in [0, 0.05) is 17.2 Å². The van der Waals surface area contributed by atoms with Crippen molar-refractivity contribution in [3.8, 4) is 0 Å². The number of aliphatic hydroxyl groups excluding tert-OH is 1. The average molecular weight is 277 g/mol. The lowest BCUT2D eigenvalue weighted by molar-refractivity contribution is 0.169. The summed E-state index contributed by atoms with van der Waals surface area (Å²) in [5.74, 6) is 0.668. The van der Waals surface area contributed by atoms with Gasteiger partial charge in [0.25, 0.3) is 0 Å². The molecular formula is C12H15N5OS. The fourth-order valence-corrected chi connectivity index (χ4v) is 2.23. The number of pyridine rings is 1. The number of anilines is 2. The highest BCUT2D eigenvalue weighted by Crippen LogP contribution is 2.26. The normalized spacial score (nSPS) is 12.3. The van der Waals surface area contributed by atoms with Crippen molar-refractivity contribution in [3.05, 3.63) is 30.1 Å². The molecular weight excluding hydrogens is 262 g/mol. The third kappa shape index (κ3) is 3.55. The largest absolute Gasteiger partial charge is 0.387 e. The Hall–Kier alpha value is -1.86. The quantitative estimate of drug-likeness (QED) is 0.728. The van der Waals surface area contributed by atoms with Crippen LogP contribution in [-0.4, -0.2) is 20.1 Å². The molecule has 2 aromatic rings. The van der Waals surface area contributed by atoms with Crippen LogP contribution in [0.5, 0.6) is 0 Å². The van der Waals surface area contributed by atoms with E-state index in [1.807, 2.05) is 13.0 Å². The molecule has 0 saturated heterocycles. The minimum Gasteiger partial charge on any atom is -0.387 e. The summed E-state index contributed by atoms with van der Waals surface area (Å²) in [4.78, 5) is 13.2. The molecule has 0 spiro atoms. The van der Waals surface area contributed by atoms with Crippen LogP contribution in [-0.2, 0) is 0 Å². The summed E-state index contributed by atoms with van der Waals surface area (Å²) in [7, 11) is 0. The molecule has 6 nitrogen and oxygen atoms in total. The number of nitrogens with zero attached hydrogens (tertiary/aromatic N) is 3. The molecule has 0 fully saturated rings. The van der Waals surface area contributed by atoms with Gasteiger partial charge < -0.3 is 16.6 Å². The summed E-state index contributed by atoms with van der Waals surface area (Å²) in [6.07, 6.45) is 1.77. The summed E-state index contributed by atoms with van der Waals surface area (Å²) in [5, 5.41) is 10.1. The molecule has 0 aliphatic carbocycles. The van der Waals surface area contributed by atoms with E-state index in [-0.39, 0.29) is 0 Å². The molecule has 0 amide bonds. The maximum absolute atomic E-state index is 9.66. The van der Waals surface area contributed by atoms with Gasteiger partial charge in [0.05, 0.1) is 11.8 Å². The van der Waals surface area contributed by atoms with E-state index in [0.717, 1.165) is 4.90 Å². The second-order valence-corrected chi connectivity index (χ2v) is 4.99. The SMILES string of the molecule is CC[C@H](O)c1ccc(Sc2nc(N)cc(N)n2)cn1. The summed E-state index contributed by atoms with van der Waals surface area (Å²) in [6, 6.07) is 5.14. The van der Waals surface area contributed by atoms with Gasteiger partial charge in [-0.3, -0.25) is 4.98 Å². The van der Waals surface area contributed by atoms with E-state index < -0.39 is 6.10 Å². The average Bonchev–Trinajstić information content (AvgIpc) is 2.37. The fourth-order valence-electron chi connectivity index (χ4n) is 1.47. The van der Waals surface area contributed by atoms with Crippen molar-refractivity contribution >= 4 is 23.4 Å². The van der Waals surface area contributed by atoms with Gasteiger partial charge in [0.2, 0.25) is 0 Å². The molecule has 0 aliphatic rings. The van der Waals surface area contributed by atoms with Crippen LogP contribution in [0, 0.1) is 0 Å². The third-order valence-electron chi connectivity index (χ3n) is 2.44. The smallest absolute Gasteiger partial charge is 0.196 e. The van der Waals surface area contributed by atoms with E-state index in [4.69, 9.17) is 11.5 Å². The number of nitrogens with two attached hydrogens (primary N) is 2. The van der Waals surface area contributed by atoms with Crippen LogP contribution in [0.3, 0.4) is 0 Å². The minimum absolute atomic E-state index is 0.334. The van der Waals surface area contributed by atoms with E-state index in [2.05, 4.69) is 15.0 Å². The van der Waals surface area contributed by atoms with Gasteiger partial charge >= 0.3 is 0 Å². The van der Waals surface area contributed by atoms with E-state index in [9.17, 15) is 5.11 Å². The van der Waals surface area contributed by atoms with Crippen LogP contribution in [0.1, 0.15) is 25.1 Å². The van der Waals surface area contributed by atoms with Crippen molar-refractivity contribution in [2.75, 3.05) is 11.5 Å². The van der Waals surface area contributed by atoms with E-state index >= 15 is 0 Å². The van der Waals surface area contributed by atoms with Gasteiger partial charge in [0.15, 0.2) is 5.16 Å². The van der Waals surface area contributed by atoms with Crippen LogP contribution in [0.2, 0.25) is 0 Å². The van der Waals surface area contributed by atoms with Crippen LogP contribution < -0.4 is 11.5 Å². The summed E-state index contributed by atoms with van der Waals surface area (Å²) >= 11 is 1.32. The van der Waals surface area contributed by atoms with Crippen molar-refractivity contribution in [3.63, 3.8) is 0 Å². The minimum atomic E-state index is -0.529. The molecule has 7 heteroatoms. The number of rotatable bonds is 4. The zero-order chi connectivity index (χ0) is 13.8. The molecule has 2 heterocycles. The maximum atomic E-state index is 9.66. The first-order valence-electron chi connectivity index (χ1n) is 5.80.